The molecule has 29 heavy (non-hydrogen) atoms. The largest absolute Gasteiger partial charge is 0.457 e. The van der Waals surface area contributed by atoms with E-state index in [0.29, 0.717) is 22.8 Å². The predicted molar refractivity (Wildman–Crippen MR) is 104 cm³/mol. The number of nitrogens with one attached hydrogen (secondary N) is 1. The van der Waals surface area contributed by atoms with E-state index in [9.17, 15) is 17.2 Å². The Balaban J connectivity index is 1.75. The van der Waals surface area contributed by atoms with Gasteiger partial charge in [-0.25, -0.2) is 21.9 Å². The number of aromatic nitrogens is 2. The molecule has 0 fully saturated rings. The summed E-state index contributed by atoms with van der Waals surface area (Å²) in [6, 6.07) is 11.9. The number of nitrogens with zero attached hydrogens (tertiary/aromatic N) is 2. The molecule has 0 radical (unpaired) electrons. The van der Waals surface area contributed by atoms with Crippen LogP contribution in [0.15, 0.2) is 53.4 Å². The Morgan fingerprint density at radius 3 is 2.55 bits per heavy atom. The summed E-state index contributed by atoms with van der Waals surface area (Å²) in [6.45, 7) is 0.815. The Morgan fingerprint density at radius 2 is 1.90 bits per heavy atom. The lowest BCUT2D eigenvalue weighted by molar-refractivity contribution is 0.151. The van der Waals surface area contributed by atoms with E-state index in [2.05, 4.69) is 9.82 Å². The summed E-state index contributed by atoms with van der Waals surface area (Å²) < 4.78 is 60.1. The number of hydrogen-bond donors (Lipinski definition) is 1. The van der Waals surface area contributed by atoms with Gasteiger partial charge in [0.25, 0.3) is 6.43 Å². The molecule has 9 heteroatoms. The fourth-order valence-electron chi connectivity index (χ4n) is 3.28. The van der Waals surface area contributed by atoms with Gasteiger partial charge in [-0.3, -0.25) is 4.68 Å². The maximum atomic E-state index is 12.8. The Labute approximate surface area is 167 Å². The molecule has 0 aliphatic carbocycles. The van der Waals surface area contributed by atoms with Crippen molar-refractivity contribution in [3.05, 3.63) is 59.8 Å². The second-order valence-electron chi connectivity index (χ2n) is 6.68. The predicted octanol–water partition coefficient (Wildman–Crippen LogP) is 4.13. The molecule has 1 aromatic heterocycles. The lowest BCUT2D eigenvalue weighted by Gasteiger charge is -2.12. The number of sulfonamides is 1. The fraction of sp³-hybridized carbons (Fsp3) is 0.250. The van der Waals surface area contributed by atoms with Crippen molar-refractivity contribution in [1.82, 2.24) is 14.5 Å². The van der Waals surface area contributed by atoms with E-state index in [4.69, 9.17) is 4.74 Å². The van der Waals surface area contributed by atoms with Gasteiger partial charge in [0.2, 0.25) is 10.0 Å². The maximum absolute atomic E-state index is 12.8. The Kier molecular flexibility index (Phi) is 5.10. The molecule has 152 valence electrons. The summed E-state index contributed by atoms with van der Waals surface area (Å²) in [6.07, 6.45) is -0.623. The lowest BCUT2D eigenvalue weighted by atomic mass is 10.1. The highest BCUT2D eigenvalue weighted by Crippen LogP contribution is 2.36. The molecule has 0 saturated carbocycles. The average Bonchev–Trinajstić information content (AvgIpc) is 3.31. The topological polar surface area (TPSA) is 73.2 Å². The minimum atomic E-state index is -3.65. The zero-order chi connectivity index (χ0) is 20.6. The highest BCUT2D eigenvalue weighted by molar-refractivity contribution is 7.89. The first-order valence-electron chi connectivity index (χ1n) is 9.08. The SMILES string of the molecule is CNS(=O)(=O)c1ccc(Oc2ccc(C(F)F)cc2)c(-c2cc3n(n2)CCC3)c1. The van der Waals surface area contributed by atoms with Crippen molar-refractivity contribution in [2.75, 3.05) is 7.05 Å². The Hall–Kier alpha value is -2.78. The van der Waals surface area contributed by atoms with E-state index in [0.717, 1.165) is 25.1 Å². The lowest BCUT2D eigenvalue weighted by Crippen LogP contribution is -2.18. The molecule has 6 nitrogen and oxygen atoms in total. The Bertz CT molecular complexity index is 1120. The number of rotatable bonds is 6. The first-order chi connectivity index (χ1) is 13.9. The third-order valence-corrected chi connectivity index (χ3v) is 6.24. The van der Waals surface area contributed by atoms with E-state index in [1.54, 1.807) is 6.07 Å². The maximum Gasteiger partial charge on any atom is 0.263 e. The van der Waals surface area contributed by atoms with Crippen molar-refractivity contribution in [2.24, 2.45) is 0 Å². The third kappa shape index (κ3) is 3.88. The van der Waals surface area contributed by atoms with Crippen LogP contribution in [0.25, 0.3) is 11.3 Å². The first-order valence-corrected chi connectivity index (χ1v) is 10.6. The van der Waals surface area contributed by atoms with Crippen molar-refractivity contribution in [1.29, 1.82) is 0 Å². The standard InChI is InChI=1S/C20H19F2N3O3S/c1-23-29(26,27)16-8-9-19(28-15-6-4-13(5-7-15)20(21)22)17(12-16)18-11-14-3-2-10-25(14)24-18/h4-9,11-12,20,23H,2-3,10H2,1H3. The van der Waals surface area contributed by atoms with Crippen LogP contribution in [0.2, 0.25) is 0 Å². The van der Waals surface area contributed by atoms with Crippen LogP contribution in [0.5, 0.6) is 11.5 Å². The highest BCUT2D eigenvalue weighted by atomic mass is 32.2. The van der Waals surface area contributed by atoms with Crippen LogP contribution in [0.4, 0.5) is 8.78 Å². The smallest absolute Gasteiger partial charge is 0.263 e. The van der Waals surface area contributed by atoms with Crippen LogP contribution in [-0.4, -0.2) is 25.2 Å². The van der Waals surface area contributed by atoms with Crippen LogP contribution in [0, 0.1) is 0 Å². The number of benzene rings is 2. The molecule has 4 rings (SSSR count). The second kappa shape index (κ2) is 7.57. The van der Waals surface area contributed by atoms with Crippen LogP contribution in [0.1, 0.15) is 24.1 Å². The van der Waals surface area contributed by atoms with Gasteiger partial charge < -0.3 is 4.74 Å². The number of ether oxygens (including phenoxy) is 1. The van der Waals surface area contributed by atoms with Gasteiger partial charge in [0.1, 0.15) is 11.5 Å². The number of hydrogen-bond acceptors (Lipinski definition) is 4. The summed E-state index contributed by atoms with van der Waals surface area (Å²) >= 11 is 0. The summed E-state index contributed by atoms with van der Waals surface area (Å²) in [4.78, 5) is 0.0866. The minimum absolute atomic E-state index is 0.0866. The molecule has 0 bridgehead atoms. The van der Waals surface area contributed by atoms with Crippen LogP contribution in [-0.2, 0) is 23.0 Å². The van der Waals surface area contributed by atoms with Crippen molar-refractivity contribution in [2.45, 2.75) is 30.7 Å². The Morgan fingerprint density at radius 1 is 1.14 bits per heavy atom. The van der Waals surface area contributed by atoms with Gasteiger partial charge >= 0.3 is 0 Å². The van der Waals surface area contributed by atoms with Crippen LogP contribution in [0.3, 0.4) is 0 Å². The second-order valence-corrected chi connectivity index (χ2v) is 8.57. The number of alkyl halides is 2. The van der Waals surface area contributed by atoms with E-state index < -0.39 is 16.4 Å². The van der Waals surface area contributed by atoms with E-state index in [1.165, 1.54) is 43.4 Å². The molecule has 0 amide bonds. The van der Waals surface area contributed by atoms with Gasteiger partial charge in [-0.2, -0.15) is 5.10 Å². The molecule has 1 aliphatic heterocycles. The molecule has 0 atom stereocenters. The van der Waals surface area contributed by atoms with Crippen LogP contribution < -0.4 is 9.46 Å². The van der Waals surface area contributed by atoms with Gasteiger partial charge in [-0.05, 0) is 68.4 Å². The molecule has 1 aliphatic rings. The van der Waals surface area contributed by atoms with Gasteiger partial charge in [-0.1, -0.05) is 0 Å². The van der Waals surface area contributed by atoms with Gasteiger partial charge in [0, 0.05) is 23.4 Å². The van der Waals surface area contributed by atoms with Crippen molar-refractivity contribution in [3.63, 3.8) is 0 Å². The number of halogens is 2. The number of fused-ring (bicyclic) bond motifs is 1. The molecule has 0 spiro atoms. The molecular formula is C20H19F2N3O3S. The minimum Gasteiger partial charge on any atom is -0.457 e. The molecule has 0 unspecified atom stereocenters. The van der Waals surface area contributed by atoms with E-state index in [-0.39, 0.29) is 10.5 Å². The van der Waals surface area contributed by atoms with Gasteiger partial charge in [-0.15, -0.1) is 0 Å². The van der Waals surface area contributed by atoms with Crippen molar-refractivity contribution < 1.29 is 21.9 Å². The summed E-state index contributed by atoms with van der Waals surface area (Å²) in [5, 5.41) is 4.57. The zero-order valence-corrected chi connectivity index (χ0v) is 16.4. The fourth-order valence-corrected chi connectivity index (χ4v) is 4.04. The monoisotopic (exact) mass is 419 g/mol. The summed E-state index contributed by atoms with van der Waals surface area (Å²) in [5.41, 5.74) is 2.10. The van der Waals surface area contributed by atoms with Gasteiger partial charge in [0.15, 0.2) is 0 Å². The molecular weight excluding hydrogens is 400 g/mol. The first kappa shape index (κ1) is 19.5. The molecule has 2 heterocycles. The highest BCUT2D eigenvalue weighted by Gasteiger charge is 2.21. The zero-order valence-electron chi connectivity index (χ0n) is 15.6. The number of aryl methyl sites for hydroxylation is 2. The average molecular weight is 419 g/mol. The van der Waals surface area contributed by atoms with Crippen molar-refractivity contribution >= 4 is 10.0 Å². The summed E-state index contributed by atoms with van der Waals surface area (Å²) in [7, 11) is -2.31. The quantitative estimate of drug-likeness (QED) is 0.652. The van der Waals surface area contributed by atoms with Crippen LogP contribution >= 0.6 is 0 Å². The molecule has 0 saturated heterocycles. The molecule has 3 aromatic rings. The van der Waals surface area contributed by atoms with Gasteiger partial charge in [0.05, 0.1) is 10.6 Å². The molecule has 2 aromatic carbocycles. The third-order valence-electron chi connectivity index (χ3n) is 4.83. The van der Waals surface area contributed by atoms with Crippen molar-refractivity contribution in [3.8, 4) is 22.8 Å². The normalized spacial score (nSPS) is 13.7. The van der Waals surface area contributed by atoms with E-state index >= 15 is 0 Å². The molecule has 1 N–H and O–H groups in total. The van der Waals surface area contributed by atoms with E-state index in [1.807, 2.05) is 10.7 Å². The summed E-state index contributed by atoms with van der Waals surface area (Å²) in [5.74, 6) is 0.758.